The van der Waals surface area contributed by atoms with Crippen molar-refractivity contribution in [2.45, 2.75) is 39.2 Å². The molecule has 0 spiro atoms. The summed E-state index contributed by atoms with van der Waals surface area (Å²) in [5.74, 6) is -1.10. The maximum Gasteiger partial charge on any atom is 0.311 e. The van der Waals surface area contributed by atoms with Gasteiger partial charge >= 0.3 is 5.97 Å². The van der Waals surface area contributed by atoms with Crippen LogP contribution < -0.4 is 10.1 Å². The molecular weight excluding hydrogens is 349 g/mol. The third-order valence-electron chi connectivity index (χ3n) is 4.09. The van der Waals surface area contributed by atoms with Gasteiger partial charge in [-0.05, 0) is 48.2 Å². The Morgan fingerprint density at radius 2 is 1.74 bits per heavy atom. The number of methoxy groups -OCH3 is 1. The minimum absolute atomic E-state index is 0.100. The molecule has 0 saturated heterocycles. The first-order chi connectivity index (χ1) is 12.8. The first-order valence-electron chi connectivity index (χ1n) is 8.73. The summed E-state index contributed by atoms with van der Waals surface area (Å²) < 4.78 is 23.6. The van der Waals surface area contributed by atoms with E-state index in [1.165, 1.54) is 31.7 Å². The van der Waals surface area contributed by atoms with Crippen LogP contribution in [0, 0.1) is 5.82 Å². The molecule has 6 heteroatoms. The second-order valence-corrected chi connectivity index (χ2v) is 6.54. The van der Waals surface area contributed by atoms with E-state index in [9.17, 15) is 14.0 Å². The highest BCUT2D eigenvalue weighted by Gasteiger charge is 2.18. The Kier molecular flexibility index (Phi) is 6.93. The van der Waals surface area contributed by atoms with Crippen molar-refractivity contribution in [2.75, 3.05) is 12.4 Å². The lowest BCUT2D eigenvalue weighted by atomic mass is 10.0. The van der Waals surface area contributed by atoms with Crippen molar-refractivity contribution in [3.05, 3.63) is 59.4 Å². The molecule has 5 nitrogen and oxygen atoms in total. The molecule has 144 valence electrons. The van der Waals surface area contributed by atoms with Crippen molar-refractivity contribution < 1.29 is 23.5 Å². The molecule has 0 bridgehead atoms. The van der Waals surface area contributed by atoms with Gasteiger partial charge in [-0.2, -0.15) is 0 Å². The fourth-order valence-electron chi connectivity index (χ4n) is 2.47. The van der Waals surface area contributed by atoms with Crippen LogP contribution in [-0.4, -0.2) is 25.1 Å². The molecule has 2 aromatic carbocycles. The summed E-state index contributed by atoms with van der Waals surface area (Å²) in [4.78, 5) is 24.2. The summed E-state index contributed by atoms with van der Waals surface area (Å²) in [6, 6.07) is 11.7. The molecule has 0 aliphatic heterocycles. The molecule has 0 aliphatic carbocycles. The maximum absolute atomic E-state index is 13.7. The molecular formula is C21H24FNO4. The summed E-state index contributed by atoms with van der Waals surface area (Å²) in [6.45, 7) is 5.66. The first kappa shape index (κ1) is 20.4. The number of hydrogen-bond acceptors (Lipinski definition) is 4. The van der Waals surface area contributed by atoms with Crippen LogP contribution in [-0.2, 0) is 20.7 Å². The molecule has 0 aliphatic rings. The predicted octanol–water partition coefficient (Wildman–Crippen LogP) is 4.07. The standard InChI is InChI=1S/C21H24FNO4/c1-13(2)16-6-8-17(9-7-16)23-21(25)14(3)27-20(24)12-15-5-10-19(26-4)18(22)11-15/h5-11,13-14H,12H2,1-4H3,(H,23,25)/t14-/m1/s1. The molecule has 1 N–H and O–H groups in total. The summed E-state index contributed by atoms with van der Waals surface area (Å²) in [5, 5.41) is 2.71. The molecule has 0 heterocycles. The van der Waals surface area contributed by atoms with Gasteiger partial charge in [-0.15, -0.1) is 0 Å². The van der Waals surface area contributed by atoms with Crippen molar-refractivity contribution in [3.8, 4) is 5.75 Å². The topological polar surface area (TPSA) is 64.6 Å². The third-order valence-corrected chi connectivity index (χ3v) is 4.09. The van der Waals surface area contributed by atoms with Crippen molar-refractivity contribution in [1.82, 2.24) is 0 Å². The van der Waals surface area contributed by atoms with Gasteiger partial charge in [0.2, 0.25) is 0 Å². The van der Waals surface area contributed by atoms with Crippen LogP contribution in [0.4, 0.5) is 10.1 Å². The number of ether oxygens (including phenoxy) is 2. The van der Waals surface area contributed by atoms with Gasteiger partial charge in [-0.1, -0.05) is 32.0 Å². The number of rotatable bonds is 7. The SMILES string of the molecule is COc1ccc(CC(=O)O[C@H](C)C(=O)Nc2ccc(C(C)C)cc2)cc1F. The van der Waals surface area contributed by atoms with Crippen LogP contribution >= 0.6 is 0 Å². The Morgan fingerprint density at radius 1 is 1.07 bits per heavy atom. The van der Waals surface area contributed by atoms with Gasteiger partial charge in [0.05, 0.1) is 13.5 Å². The number of halogens is 1. The number of benzene rings is 2. The highest BCUT2D eigenvalue weighted by molar-refractivity contribution is 5.95. The van der Waals surface area contributed by atoms with E-state index in [0.717, 1.165) is 0 Å². The van der Waals surface area contributed by atoms with Crippen LogP contribution in [0.25, 0.3) is 0 Å². The average Bonchev–Trinajstić information content (AvgIpc) is 2.62. The second kappa shape index (κ2) is 9.16. The van der Waals surface area contributed by atoms with Gasteiger partial charge in [0.15, 0.2) is 17.7 Å². The van der Waals surface area contributed by atoms with Crippen LogP contribution in [0.5, 0.6) is 5.75 Å². The lowest BCUT2D eigenvalue weighted by molar-refractivity contribution is -0.152. The molecule has 0 unspecified atom stereocenters. The summed E-state index contributed by atoms with van der Waals surface area (Å²) in [7, 11) is 1.36. The summed E-state index contributed by atoms with van der Waals surface area (Å²) in [6.07, 6.45) is -1.10. The van der Waals surface area contributed by atoms with E-state index in [4.69, 9.17) is 9.47 Å². The highest BCUT2D eigenvalue weighted by Crippen LogP contribution is 2.19. The molecule has 2 rings (SSSR count). The van der Waals surface area contributed by atoms with Crippen LogP contribution in [0.15, 0.2) is 42.5 Å². The minimum Gasteiger partial charge on any atom is -0.494 e. The average molecular weight is 373 g/mol. The van der Waals surface area contributed by atoms with E-state index in [1.807, 2.05) is 24.3 Å². The number of carbonyl (C=O) groups is 2. The van der Waals surface area contributed by atoms with E-state index >= 15 is 0 Å². The highest BCUT2D eigenvalue weighted by atomic mass is 19.1. The molecule has 27 heavy (non-hydrogen) atoms. The Bertz CT molecular complexity index is 802. The van der Waals surface area contributed by atoms with E-state index in [1.54, 1.807) is 6.07 Å². The van der Waals surface area contributed by atoms with Gasteiger partial charge in [-0.3, -0.25) is 9.59 Å². The van der Waals surface area contributed by atoms with Crippen LogP contribution in [0.1, 0.15) is 37.8 Å². The first-order valence-corrected chi connectivity index (χ1v) is 8.73. The van der Waals surface area contributed by atoms with Gasteiger partial charge in [0.1, 0.15) is 0 Å². The van der Waals surface area contributed by atoms with Crippen molar-refractivity contribution in [1.29, 1.82) is 0 Å². The van der Waals surface area contributed by atoms with E-state index in [-0.39, 0.29) is 12.2 Å². The fraction of sp³-hybridized carbons (Fsp3) is 0.333. The Morgan fingerprint density at radius 3 is 2.30 bits per heavy atom. The molecule has 1 atom stereocenters. The Hall–Kier alpha value is -2.89. The lowest BCUT2D eigenvalue weighted by Gasteiger charge is -2.14. The monoisotopic (exact) mass is 373 g/mol. The van der Waals surface area contributed by atoms with Gasteiger partial charge < -0.3 is 14.8 Å². The number of hydrogen-bond donors (Lipinski definition) is 1. The number of amides is 1. The largest absolute Gasteiger partial charge is 0.494 e. The van der Waals surface area contributed by atoms with Crippen LogP contribution in [0.3, 0.4) is 0 Å². The number of anilines is 1. The molecule has 0 saturated carbocycles. The second-order valence-electron chi connectivity index (χ2n) is 6.54. The molecule has 0 aromatic heterocycles. The van der Waals surface area contributed by atoms with Crippen molar-refractivity contribution in [3.63, 3.8) is 0 Å². The molecule has 2 aromatic rings. The van der Waals surface area contributed by atoms with Gasteiger partial charge in [0.25, 0.3) is 5.91 Å². The molecule has 0 fully saturated rings. The minimum atomic E-state index is -0.967. The fourth-order valence-corrected chi connectivity index (χ4v) is 2.47. The van der Waals surface area contributed by atoms with Crippen molar-refractivity contribution in [2.24, 2.45) is 0 Å². The van der Waals surface area contributed by atoms with Gasteiger partial charge in [-0.25, -0.2) is 4.39 Å². The Labute approximate surface area is 158 Å². The maximum atomic E-state index is 13.7. The van der Waals surface area contributed by atoms with Crippen molar-refractivity contribution >= 4 is 17.6 Å². The summed E-state index contributed by atoms with van der Waals surface area (Å²) in [5.41, 5.74) is 2.24. The van der Waals surface area contributed by atoms with Gasteiger partial charge in [0, 0.05) is 5.69 Å². The zero-order valence-electron chi connectivity index (χ0n) is 15.9. The zero-order valence-corrected chi connectivity index (χ0v) is 15.9. The van der Waals surface area contributed by atoms with E-state index in [0.29, 0.717) is 17.2 Å². The Balaban J connectivity index is 1.89. The quantitative estimate of drug-likeness (QED) is 0.743. The van der Waals surface area contributed by atoms with E-state index < -0.39 is 23.8 Å². The number of nitrogens with one attached hydrogen (secondary N) is 1. The molecule has 0 radical (unpaired) electrons. The number of carbonyl (C=O) groups excluding carboxylic acids is 2. The zero-order chi connectivity index (χ0) is 20.0. The smallest absolute Gasteiger partial charge is 0.311 e. The third kappa shape index (κ3) is 5.81. The lowest BCUT2D eigenvalue weighted by Crippen LogP contribution is -2.30. The summed E-state index contributed by atoms with van der Waals surface area (Å²) >= 11 is 0. The van der Waals surface area contributed by atoms with Crippen LogP contribution in [0.2, 0.25) is 0 Å². The molecule has 1 amide bonds. The van der Waals surface area contributed by atoms with E-state index in [2.05, 4.69) is 19.2 Å². The predicted molar refractivity (Wildman–Crippen MR) is 101 cm³/mol. The number of esters is 1. The normalized spacial score (nSPS) is 11.8.